The lowest BCUT2D eigenvalue weighted by atomic mass is 10.1. The molecule has 0 bridgehead atoms. The third kappa shape index (κ3) is 2.64. The van der Waals surface area contributed by atoms with Crippen molar-refractivity contribution in [2.75, 3.05) is 11.9 Å². The van der Waals surface area contributed by atoms with Crippen LogP contribution in [0.15, 0.2) is 23.8 Å². The molecule has 3 rings (SSSR count). The van der Waals surface area contributed by atoms with E-state index in [1.54, 1.807) is 24.3 Å². The van der Waals surface area contributed by atoms with Crippen LogP contribution in [0.2, 0.25) is 5.02 Å². The van der Waals surface area contributed by atoms with E-state index in [9.17, 15) is 4.79 Å². The van der Waals surface area contributed by atoms with Crippen LogP contribution in [0.3, 0.4) is 0 Å². The summed E-state index contributed by atoms with van der Waals surface area (Å²) in [7, 11) is 0. The normalized spacial score (nSPS) is 13.2. The van der Waals surface area contributed by atoms with Crippen LogP contribution in [0.1, 0.15) is 17.0 Å². The van der Waals surface area contributed by atoms with Gasteiger partial charge in [0.25, 0.3) is 5.91 Å². The van der Waals surface area contributed by atoms with E-state index in [1.165, 1.54) is 0 Å². The number of fused-ring (bicyclic) bond motifs is 1. The zero-order valence-electron chi connectivity index (χ0n) is 11.7. The van der Waals surface area contributed by atoms with E-state index in [0.717, 1.165) is 22.7 Å². The Kier molecular flexibility index (Phi) is 3.43. The molecule has 0 atom stereocenters. The lowest BCUT2D eigenvalue weighted by molar-refractivity contribution is -0.113. The minimum absolute atomic E-state index is 0.201. The van der Waals surface area contributed by atoms with Gasteiger partial charge in [0.15, 0.2) is 0 Å². The summed E-state index contributed by atoms with van der Waals surface area (Å²) in [6, 6.07) is 5.34. The second-order valence-electron chi connectivity index (χ2n) is 4.90. The lowest BCUT2D eigenvalue weighted by Crippen LogP contribution is -2.21. The van der Waals surface area contributed by atoms with Crippen molar-refractivity contribution < 1.29 is 9.53 Å². The Balaban J connectivity index is 1.86. The van der Waals surface area contributed by atoms with E-state index >= 15 is 0 Å². The van der Waals surface area contributed by atoms with Crippen molar-refractivity contribution in [3.63, 3.8) is 0 Å². The Hall–Kier alpha value is -2.27. The van der Waals surface area contributed by atoms with Crippen LogP contribution < -0.4 is 10.1 Å². The number of hydrogen-bond donors (Lipinski definition) is 2. The Morgan fingerprint density at radius 1 is 1.43 bits per heavy atom. The number of aromatic amines is 1. The van der Waals surface area contributed by atoms with Gasteiger partial charge in [0.05, 0.1) is 22.6 Å². The fourth-order valence-electron chi connectivity index (χ4n) is 2.21. The van der Waals surface area contributed by atoms with E-state index in [4.69, 9.17) is 16.3 Å². The maximum absolute atomic E-state index is 12.3. The molecular weight excluding hydrogens is 290 g/mol. The smallest absolute Gasteiger partial charge is 0.255 e. The summed E-state index contributed by atoms with van der Waals surface area (Å²) >= 11 is 5.96. The van der Waals surface area contributed by atoms with E-state index in [0.29, 0.717) is 16.3 Å². The molecule has 0 aliphatic carbocycles. The first kappa shape index (κ1) is 13.7. The highest BCUT2D eigenvalue weighted by Crippen LogP contribution is 2.29. The van der Waals surface area contributed by atoms with Gasteiger partial charge in [-0.1, -0.05) is 11.6 Å². The molecule has 0 saturated heterocycles. The third-order valence-electron chi connectivity index (χ3n) is 3.34. The number of anilines is 1. The van der Waals surface area contributed by atoms with Gasteiger partial charge in [-0.05, 0) is 38.1 Å². The molecule has 21 heavy (non-hydrogen) atoms. The van der Waals surface area contributed by atoms with Crippen molar-refractivity contribution >= 4 is 29.3 Å². The number of H-pyrrole nitrogens is 1. The van der Waals surface area contributed by atoms with Crippen LogP contribution in [-0.4, -0.2) is 22.7 Å². The number of nitrogens with zero attached hydrogens (tertiary/aromatic N) is 1. The molecular formula is C15H14ClN3O2. The summed E-state index contributed by atoms with van der Waals surface area (Å²) in [5.74, 6) is 0.528. The molecule has 5 nitrogen and oxygen atoms in total. The number of amides is 1. The van der Waals surface area contributed by atoms with Crippen molar-refractivity contribution in [3.8, 4) is 5.75 Å². The Morgan fingerprint density at radius 3 is 2.95 bits per heavy atom. The molecule has 0 fully saturated rings. The first-order chi connectivity index (χ1) is 10.0. The second-order valence-corrected chi connectivity index (χ2v) is 5.34. The highest BCUT2D eigenvalue weighted by molar-refractivity contribution is 6.30. The quantitative estimate of drug-likeness (QED) is 0.896. The van der Waals surface area contributed by atoms with Gasteiger partial charge >= 0.3 is 0 Å². The molecule has 0 radical (unpaired) electrons. The third-order valence-corrected chi connectivity index (χ3v) is 3.58. The van der Waals surface area contributed by atoms with Gasteiger partial charge in [-0.15, -0.1) is 0 Å². The SMILES string of the molecule is Cc1n[nH]c(C)c1NC(=O)C1=Cc2cc(Cl)ccc2OC1. The number of carbonyl (C=O) groups excluding carboxylic acids is 1. The fraction of sp³-hybridized carbons (Fsp3) is 0.200. The van der Waals surface area contributed by atoms with E-state index in [-0.39, 0.29) is 12.5 Å². The molecule has 1 amide bonds. The average Bonchev–Trinajstić information content (AvgIpc) is 2.78. The van der Waals surface area contributed by atoms with E-state index < -0.39 is 0 Å². The van der Waals surface area contributed by atoms with Gasteiger partial charge in [0, 0.05) is 10.6 Å². The average molecular weight is 304 g/mol. The fourth-order valence-corrected chi connectivity index (χ4v) is 2.39. The number of aromatic nitrogens is 2. The Bertz CT molecular complexity index is 730. The summed E-state index contributed by atoms with van der Waals surface area (Å²) in [5.41, 5.74) is 3.63. The summed E-state index contributed by atoms with van der Waals surface area (Å²) in [4.78, 5) is 12.3. The Labute approximate surface area is 127 Å². The number of aryl methyl sites for hydroxylation is 2. The minimum Gasteiger partial charge on any atom is -0.488 e. The molecule has 2 aromatic rings. The van der Waals surface area contributed by atoms with Crippen molar-refractivity contribution in [1.82, 2.24) is 10.2 Å². The predicted molar refractivity (Wildman–Crippen MR) is 81.6 cm³/mol. The van der Waals surface area contributed by atoms with Crippen LogP contribution in [0.25, 0.3) is 6.08 Å². The zero-order valence-corrected chi connectivity index (χ0v) is 12.4. The van der Waals surface area contributed by atoms with Gasteiger partial charge < -0.3 is 10.1 Å². The van der Waals surface area contributed by atoms with Crippen molar-refractivity contribution in [1.29, 1.82) is 0 Å². The van der Waals surface area contributed by atoms with Crippen LogP contribution in [0.4, 0.5) is 5.69 Å². The second kappa shape index (κ2) is 5.26. The molecule has 0 spiro atoms. The number of halogens is 1. The number of ether oxygens (including phenoxy) is 1. The molecule has 108 valence electrons. The monoisotopic (exact) mass is 303 g/mol. The molecule has 1 aromatic carbocycles. The molecule has 0 unspecified atom stereocenters. The van der Waals surface area contributed by atoms with Gasteiger partial charge in [-0.2, -0.15) is 5.10 Å². The summed E-state index contributed by atoms with van der Waals surface area (Å²) < 4.78 is 5.58. The number of benzene rings is 1. The van der Waals surface area contributed by atoms with Gasteiger partial charge in [-0.25, -0.2) is 0 Å². The number of carbonyl (C=O) groups is 1. The van der Waals surface area contributed by atoms with Crippen LogP contribution in [0, 0.1) is 13.8 Å². The largest absolute Gasteiger partial charge is 0.488 e. The van der Waals surface area contributed by atoms with Crippen LogP contribution in [0.5, 0.6) is 5.75 Å². The molecule has 1 aliphatic heterocycles. The molecule has 1 aromatic heterocycles. The van der Waals surface area contributed by atoms with Crippen LogP contribution in [-0.2, 0) is 4.79 Å². The first-order valence-electron chi connectivity index (χ1n) is 6.50. The minimum atomic E-state index is -0.201. The van der Waals surface area contributed by atoms with E-state index in [1.807, 2.05) is 13.8 Å². The van der Waals surface area contributed by atoms with Crippen LogP contribution >= 0.6 is 11.6 Å². The highest BCUT2D eigenvalue weighted by Gasteiger charge is 2.19. The number of nitrogens with one attached hydrogen (secondary N) is 2. The lowest BCUT2D eigenvalue weighted by Gasteiger charge is -2.17. The van der Waals surface area contributed by atoms with Gasteiger partial charge in [0.2, 0.25) is 0 Å². The molecule has 2 N–H and O–H groups in total. The predicted octanol–water partition coefficient (Wildman–Crippen LogP) is 3.09. The topological polar surface area (TPSA) is 67.0 Å². The highest BCUT2D eigenvalue weighted by atomic mass is 35.5. The van der Waals surface area contributed by atoms with Gasteiger partial charge in [0.1, 0.15) is 12.4 Å². The first-order valence-corrected chi connectivity index (χ1v) is 6.88. The standard InChI is InChI=1S/C15H14ClN3O2/c1-8-14(9(2)19-18-8)17-15(20)11-5-10-6-12(16)3-4-13(10)21-7-11/h3-6H,7H2,1-2H3,(H,17,20)(H,18,19). The maximum atomic E-state index is 12.3. The molecule has 2 heterocycles. The summed E-state index contributed by atoms with van der Waals surface area (Å²) in [5, 5.41) is 10.4. The van der Waals surface area contributed by atoms with Crippen molar-refractivity contribution in [2.45, 2.75) is 13.8 Å². The van der Waals surface area contributed by atoms with Crippen molar-refractivity contribution in [3.05, 3.63) is 45.7 Å². The van der Waals surface area contributed by atoms with E-state index in [2.05, 4.69) is 15.5 Å². The summed E-state index contributed by atoms with van der Waals surface area (Å²) in [6.45, 7) is 3.92. The summed E-state index contributed by atoms with van der Waals surface area (Å²) in [6.07, 6.45) is 1.80. The molecule has 1 aliphatic rings. The Morgan fingerprint density at radius 2 is 2.24 bits per heavy atom. The maximum Gasteiger partial charge on any atom is 0.255 e. The van der Waals surface area contributed by atoms with Crippen molar-refractivity contribution in [2.24, 2.45) is 0 Å². The number of hydrogen-bond acceptors (Lipinski definition) is 3. The zero-order chi connectivity index (χ0) is 15.0. The number of rotatable bonds is 2. The van der Waals surface area contributed by atoms with Gasteiger partial charge in [-0.3, -0.25) is 9.89 Å². The molecule has 0 saturated carbocycles. The molecule has 6 heteroatoms.